The second-order valence-corrected chi connectivity index (χ2v) is 9.09. The molecule has 1 aliphatic rings. The van der Waals surface area contributed by atoms with Gasteiger partial charge in [0.25, 0.3) is 0 Å². The number of ether oxygens (including phenoxy) is 1. The van der Waals surface area contributed by atoms with Gasteiger partial charge in [0.1, 0.15) is 23.3 Å². The number of aliphatic hydroxyl groups is 1. The maximum absolute atomic E-state index is 12.7. The molecule has 3 aromatic rings. The molecule has 1 N–H and O–H groups in total. The molecule has 0 radical (unpaired) electrons. The highest BCUT2D eigenvalue weighted by molar-refractivity contribution is 7.15. The molecule has 2 aromatic heterocycles. The largest absolute Gasteiger partial charge is 0.463 e. The third-order valence-electron chi connectivity index (χ3n) is 5.38. The number of aromatic nitrogens is 3. The lowest BCUT2D eigenvalue weighted by Crippen LogP contribution is -2.25. The van der Waals surface area contributed by atoms with E-state index in [9.17, 15) is 4.79 Å². The van der Waals surface area contributed by atoms with E-state index in [0.29, 0.717) is 17.3 Å². The lowest BCUT2D eigenvalue weighted by Gasteiger charge is -2.13. The van der Waals surface area contributed by atoms with Crippen molar-refractivity contribution >= 4 is 34.6 Å². The number of benzene rings is 1. The summed E-state index contributed by atoms with van der Waals surface area (Å²) in [5, 5.41) is 19.3. The molecular weight excluding hydrogens is 436 g/mol. The first-order valence-electron chi connectivity index (χ1n) is 10.00. The number of rotatable bonds is 4. The number of thiophene rings is 1. The summed E-state index contributed by atoms with van der Waals surface area (Å²) >= 11 is 7.78. The van der Waals surface area contributed by atoms with Gasteiger partial charge in [0.2, 0.25) is 0 Å². The molecule has 0 amide bonds. The van der Waals surface area contributed by atoms with Crippen molar-refractivity contribution in [2.24, 2.45) is 10.9 Å². The molecule has 31 heavy (non-hydrogen) atoms. The number of fused-ring (bicyclic) bond motifs is 3. The van der Waals surface area contributed by atoms with E-state index in [2.05, 4.69) is 24.0 Å². The molecule has 162 valence electrons. The van der Waals surface area contributed by atoms with E-state index < -0.39 is 11.9 Å². The van der Waals surface area contributed by atoms with Gasteiger partial charge in [0, 0.05) is 27.4 Å². The second kappa shape index (κ2) is 8.90. The van der Waals surface area contributed by atoms with Crippen molar-refractivity contribution in [3.8, 4) is 5.00 Å². The van der Waals surface area contributed by atoms with E-state index in [4.69, 9.17) is 26.4 Å². The predicted molar refractivity (Wildman–Crippen MR) is 121 cm³/mol. The molecule has 1 aliphatic heterocycles. The van der Waals surface area contributed by atoms with Crippen LogP contribution in [-0.4, -0.2) is 51.3 Å². The number of nitrogens with zero attached hydrogens (tertiary/aromatic N) is 4. The lowest BCUT2D eigenvalue weighted by molar-refractivity contribution is -0.149. The number of hydrogen-bond donors (Lipinski definition) is 1. The molecule has 1 aromatic carbocycles. The Hall–Kier alpha value is -2.55. The standard InChI is InChI=1S/C22H23ClN4O3S/c1-12-13(2)31-21-19(12)20(15-4-6-17(23)7-5-15)24-11-16(22(29)30-9-8-28)10-18-26-25-14(3)27(18)21/h4-7,16,28H,8-11H2,1-3H3. The highest BCUT2D eigenvalue weighted by Crippen LogP contribution is 2.36. The Morgan fingerprint density at radius 3 is 2.71 bits per heavy atom. The molecule has 1 unspecified atom stereocenters. The van der Waals surface area contributed by atoms with Gasteiger partial charge < -0.3 is 9.84 Å². The van der Waals surface area contributed by atoms with Crippen LogP contribution in [0.5, 0.6) is 0 Å². The number of aliphatic imine (C=N–C) groups is 1. The fourth-order valence-corrected chi connectivity index (χ4v) is 5.03. The molecule has 9 heteroatoms. The highest BCUT2D eigenvalue weighted by Gasteiger charge is 2.30. The first-order chi connectivity index (χ1) is 14.9. The monoisotopic (exact) mass is 458 g/mol. The number of halogens is 1. The third kappa shape index (κ3) is 4.15. The van der Waals surface area contributed by atoms with Gasteiger partial charge in [-0.3, -0.25) is 14.4 Å². The Bertz CT molecular complexity index is 1150. The molecule has 7 nitrogen and oxygen atoms in total. The van der Waals surface area contributed by atoms with Crippen molar-refractivity contribution in [2.45, 2.75) is 27.2 Å². The van der Waals surface area contributed by atoms with Gasteiger partial charge in [-0.1, -0.05) is 23.7 Å². The summed E-state index contributed by atoms with van der Waals surface area (Å²) in [5.74, 6) is 0.501. The summed E-state index contributed by atoms with van der Waals surface area (Å²) in [6.45, 7) is 6.05. The van der Waals surface area contributed by atoms with Crippen molar-refractivity contribution in [1.29, 1.82) is 0 Å². The zero-order valence-corrected chi connectivity index (χ0v) is 19.1. The quantitative estimate of drug-likeness (QED) is 0.605. The van der Waals surface area contributed by atoms with Crippen LogP contribution in [0.15, 0.2) is 29.3 Å². The van der Waals surface area contributed by atoms with Gasteiger partial charge in [-0.15, -0.1) is 21.5 Å². The molecule has 0 spiro atoms. The lowest BCUT2D eigenvalue weighted by atomic mass is 9.99. The predicted octanol–water partition coefficient (Wildman–Crippen LogP) is 3.45. The van der Waals surface area contributed by atoms with Crippen LogP contribution in [0.4, 0.5) is 0 Å². The van der Waals surface area contributed by atoms with Crippen molar-refractivity contribution in [3.63, 3.8) is 0 Å². The fraction of sp³-hybridized carbons (Fsp3) is 0.364. The smallest absolute Gasteiger partial charge is 0.311 e. The van der Waals surface area contributed by atoms with E-state index in [1.165, 1.54) is 4.88 Å². The van der Waals surface area contributed by atoms with Gasteiger partial charge in [-0.05, 0) is 38.5 Å². The first-order valence-corrected chi connectivity index (χ1v) is 11.2. The van der Waals surface area contributed by atoms with Crippen LogP contribution in [0.1, 0.15) is 33.2 Å². The normalized spacial score (nSPS) is 15.9. The van der Waals surface area contributed by atoms with Crippen LogP contribution in [-0.2, 0) is 16.0 Å². The number of hydrogen-bond acceptors (Lipinski definition) is 7. The minimum absolute atomic E-state index is 0.0412. The Morgan fingerprint density at radius 1 is 1.26 bits per heavy atom. The topological polar surface area (TPSA) is 89.6 Å². The van der Waals surface area contributed by atoms with Crippen molar-refractivity contribution in [2.75, 3.05) is 19.8 Å². The summed E-state index contributed by atoms with van der Waals surface area (Å²) in [7, 11) is 0. The van der Waals surface area contributed by atoms with Gasteiger partial charge >= 0.3 is 5.97 Å². The maximum Gasteiger partial charge on any atom is 0.311 e. The summed E-state index contributed by atoms with van der Waals surface area (Å²) in [6.07, 6.45) is 0.345. The Labute approximate surface area is 189 Å². The summed E-state index contributed by atoms with van der Waals surface area (Å²) in [6, 6.07) is 7.55. The van der Waals surface area contributed by atoms with Gasteiger partial charge in [-0.2, -0.15) is 0 Å². The molecule has 4 rings (SSSR count). The molecule has 0 saturated heterocycles. The summed E-state index contributed by atoms with van der Waals surface area (Å²) in [4.78, 5) is 18.8. The minimum Gasteiger partial charge on any atom is -0.463 e. The number of carbonyl (C=O) groups excluding carboxylic acids is 1. The van der Waals surface area contributed by atoms with Crippen LogP contribution < -0.4 is 0 Å². The van der Waals surface area contributed by atoms with E-state index in [-0.39, 0.29) is 19.8 Å². The zero-order valence-electron chi connectivity index (χ0n) is 17.6. The number of aliphatic hydroxyl groups excluding tert-OH is 1. The van der Waals surface area contributed by atoms with Crippen LogP contribution in [0.3, 0.4) is 0 Å². The number of carbonyl (C=O) groups is 1. The first kappa shape index (κ1) is 21.7. The molecule has 0 aliphatic carbocycles. The average Bonchev–Trinajstić information content (AvgIpc) is 3.26. The van der Waals surface area contributed by atoms with Crippen LogP contribution in [0.2, 0.25) is 5.02 Å². The fourth-order valence-electron chi connectivity index (χ4n) is 3.68. The van der Waals surface area contributed by atoms with Crippen LogP contribution >= 0.6 is 22.9 Å². The van der Waals surface area contributed by atoms with Crippen LogP contribution in [0, 0.1) is 26.7 Å². The molecular formula is C22H23ClN4O3S. The Morgan fingerprint density at radius 2 is 2.00 bits per heavy atom. The second-order valence-electron chi connectivity index (χ2n) is 7.45. The molecule has 0 bridgehead atoms. The van der Waals surface area contributed by atoms with Gasteiger partial charge in [0.15, 0.2) is 0 Å². The molecule has 0 saturated carbocycles. The van der Waals surface area contributed by atoms with Crippen molar-refractivity contribution < 1.29 is 14.6 Å². The van der Waals surface area contributed by atoms with E-state index in [1.807, 2.05) is 35.8 Å². The maximum atomic E-state index is 12.7. The van der Waals surface area contributed by atoms with E-state index in [1.54, 1.807) is 11.3 Å². The number of esters is 1. The third-order valence-corrected chi connectivity index (χ3v) is 6.83. The Kier molecular flexibility index (Phi) is 6.22. The van der Waals surface area contributed by atoms with Gasteiger partial charge in [0.05, 0.1) is 24.8 Å². The highest BCUT2D eigenvalue weighted by atomic mass is 35.5. The molecule has 3 heterocycles. The van der Waals surface area contributed by atoms with E-state index >= 15 is 0 Å². The van der Waals surface area contributed by atoms with Gasteiger partial charge in [-0.25, -0.2) is 0 Å². The minimum atomic E-state index is -0.536. The van der Waals surface area contributed by atoms with Crippen molar-refractivity contribution in [1.82, 2.24) is 14.8 Å². The average molecular weight is 459 g/mol. The molecule has 1 atom stereocenters. The summed E-state index contributed by atoms with van der Waals surface area (Å²) < 4.78 is 7.23. The van der Waals surface area contributed by atoms with Crippen molar-refractivity contribution in [3.05, 3.63) is 62.5 Å². The number of aryl methyl sites for hydroxylation is 2. The SMILES string of the molecule is Cc1sc2c(c1C)C(c1ccc(Cl)cc1)=NCC(C(=O)OCCO)Cc1nnc(C)n1-2. The van der Waals surface area contributed by atoms with Crippen LogP contribution in [0.25, 0.3) is 5.00 Å². The molecule has 0 fully saturated rings. The zero-order chi connectivity index (χ0) is 22.1. The van der Waals surface area contributed by atoms with E-state index in [0.717, 1.165) is 33.2 Å². The Balaban J connectivity index is 1.92. The summed E-state index contributed by atoms with van der Waals surface area (Å²) in [5.41, 5.74) is 3.87.